The van der Waals surface area contributed by atoms with Crippen LogP contribution in [0.3, 0.4) is 0 Å². The van der Waals surface area contributed by atoms with Gasteiger partial charge in [0.15, 0.2) is 0 Å². The van der Waals surface area contributed by atoms with Gasteiger partial charge in [0.2, 0.25) is 0 Å². The second kappa shape index (κ2) is 5.58. The van der Waals surface area contributed by atoms with Gasteiger partial charge < -0.3 is 4.98 Å². The van der Waals surface area contributed by atoms with Gasteiger partial charge in [0.25, 0.3) is 5.69 Å². The molecule has 6 nitrogen and oxygen atoms in total. The quantitative estimate of drug-likeness (QED) is 0.301. The van der Waals surface area contributed by atoms with Gasteiger partial charge in [0.1, 0.15) is 0 Å². The zero-order chi connectivity index (χ0) is 16.5. The number of hydrogen-bond acceptors (Lipinski definition) is 4. The van der Waals surface area contributed by atoms with Crippen molar-refractivity contribution in [2.45, 2.75) is 0 Å². The number of non-ortho nitro benzene ring substituents is 1. The summed E-state index contributed by atoms with van der Waals surface area (Å²) >= 11 is 0. The van der Waals surface area contributed by atoms with Gasteiger partial charge in [0.05, 0.1) is 16.3 Å². The van der Waals surface area contributed by atoms with Crippen molar-refractivity contribution in [2.24, 2.45) is 10.2 Å². The average Bonchev–Trinajstić information content (AvgIpc) is 2.98. The summed E-state index contributed by atoms with van der Waals surface area (Å²) in [7, 11) is 0. The number of rotatable bonds is 3. The zero-order valence-electron chi connectivity index (χ0n) is 12.5. The Bertz CT molecular complexity index is 1080. The summed E-state index contributed by atoms with van der Waals surface area (Å²) in [5.74, 6) is 0. The van der Waals surface area contributed by atoms with Gasteiger partial charge in [-0.15, -0.1) is 0 Å². The molecule has 0 fully saturated rings. The number of aromatic nitrogens is 1. The molecule has 1 N–H and O–H groups in total. The second-order valence-electron chi connectivity index (χ2n) is 5.37. The first-order valence-electron chi connectivity index (χ1n) is 7.37. The molecule has 0 atom stereocenters. The highest BCUT2D eigenvalue weighted by Crippen LogP contribution is 2.29. The molecule has 0 bridgehead atoms. The van der Waals surface area contributed by atoms with Gasteiger partial charge in [0, 0.05) is 33.9 Å². The number of hydrogen-bond donors (Lipinski definition) is 1. The van der Waals surface area contributed by atoms with E-state index in [0.717, 1.165) is 27.5 Å². The van der Waals surface area contributed by atoms with Gasteiger partial charge in [-0.2, -0.15) is 10.2 Å². The normalized spacial score (nSPS) is 11.5. The van der Waals surface area contributed by atoms with Crippen LogP contribution in [0.25, 0.3) is 21.8 Å². The van der Waals surface area contributed by atoms with E-state index < -0.39 is 4.92 Å². The van der Waals surface area contributed by atoms with E-state index in [9.17, 15) is 10.1 Å². The van der Waals surface area contributed by atoms with Gasteiger partial charge in [-0.05, 0) is 36.4 Å². The molecule has 116 valence electrons. The molecule has 1 aromatic heterocycles. The molecular formula is C18H12N4O2. The molecule has 1 heterocycles. The number of nitrogens with one attached hydrogen (secondary N) is 1. The molecule has 0 spiro atoms. The van der Waals surface area contributed by atoms with Crippen molar-refractivity contribution in [3.05, 3.63) is 76.8 Å². The van der Waals surface area contributed by atoms with Crippen LogP contribution in [-0.4, -0.2) is 9.91 Å². The maximum Gasteiger partial charge on any atom is 0.269 e. The number of nitro benzene ring substituents is 1. The minimum Gasteiger partial charge on any atom is -0.355 e. The number of fused-ring (bicyclic) bond motifs is 3. The van der Waals surface area contributed by atoms with Gasteiger partial charge in [-0.3, -0.25) is 10.1 Å². The molecule has 0 saturated heterocycles. The highest BCUT2D eigenvalue weighted by molar-refractivity contribution is 6.08. The summed E-state index contributed by atoms with van der Waals surface area (Å²) in [6.45, 7) is 0. The maximum atomic E-state index is 10.6. The first kappa shape index (κ1) is 14.1. The highest BCUT2D eigenvalue weighted by atomic mass is 16.6. The van der Waals surface area contributed by atoms with Crippen molar-refractivity contribution >= 4 is 38.9 Å². The molecule has 6 heteroatoms. The number of para-hydroxylation sites is 1. The highest BCUT2D eigenvalue weighted by Gasteiger charge is 2.05. The fourth-order valence-electron chi connectivity index (χ4n) is 2.65. The second-order valence-corrected chi connectivity index (χ2v) is 5.37. The number of aromatic amines is 1. The molecule has 0 amide bonds. The van der Waals surface area contributed by atoms with E-state index in [1.165, 1.54) is 12.1 Å². The Labute approximate surface area is 136 Å². The third kappa shape index (κ3) is 2.50. The van der Waals surface area contributed by atoms with E-state index in [0.29, 0.717) is 5.69 Å². The summed E-state index contributed by atoms with van der Waals surface area (Å²) in [5, 5.41) is 21.2. The van der Waals surface area contributed by atoms with Crippen molar-refractivity contribution in [2.75, 3.05) is 0 Å². The first-order chi connectivity index (χ1) is 11.7. The minimum atomic E-state index is -0.439. The first-order valence-corrected chi connectivity index (χ1v) is 7.37. The molecule has 0 radical (unpaired) electrons. The number of benzene rings is 3. The molecule has 4 aromatic rings. The summed E-state index contributed by atoms with van der Waals surface area (Å²) < 4.78 is 0. The Morgan fingerprint density at radius 3 is 2.25 bits per heavy atom. The summed E-state index contributed by atoms with van der Waals surface area (Å²) in [4.78, 5) is 13.6. The van der Waals surface area contributed by atoms with Crippen LogP contribution in [0.4, 0.5) is 17.1 Å². The third-order valence-electron chi connectivity index (χ3n) is 3.83. The Hall–Kier alpha value is -3.54. The lowest BCUT2D eigenvalue weighted by Crippen LogP contribution is -1.85. The molecule has 0 aliphatic rings. The van der Waals surface area contributed by atoms with Crippen LogP contribution in [0.5, 0.6) is 0 Å². The van der Waals surface area contributed by atoms with Crippen LogP contribution in [0.2, 0.25) is 0 Å². The fraction of sp³-hybridized carbons (Fsp3) is 0. The molecule has 4 rings (SSSR count). The van der Waals surface area contributed by atoms with E-state index in [1.807, 2.05) is 36.4 Å². The minimum absolute atomic E-state index is 0.0363. The summed E-state index contributed by atoms with van der Waals surface area (Å²) in [6.07, 6.45) is 0. The number of nitrogens with zero attached hydrogens (tertiary/aromatic N) is 3. The summed E-state index contributed by atoms with van der Waals surface area (Å²) in [5.41, 5.74) is 3.46. The van der Waals surface area contributed by atoms with Crippen molar-refractivity contribution in [3.63, 3.8) is 0 Å². The number of azo groups is 1. The lowest BCUT2D eigenvalue weighted by molar-refractivity contribution is -0.384. The Kier molecular flexibility index (Phi) is 3.28. The Balaban J connectivity index is 1.68. The van der Waals surface area contributed by atoms with E-state index >= 15 is 0 Å². The van der Waals surface area contributed by atoms with Crippen molar-refractivity contribution < 1.29 is 4.92 Å². The van der Waals surface area contributed by atoms with Crippen LogP contribution in [0.1, 0.15) is 0 Å². The third-order valence-corrected chi connectivity index (χ3v) is 3.83. The SMILES string of the molecule is O=[N+]([O-])c1ccc(N=Nc2ccc3[nH]c4ccccc4c3c2)cc1. The van der Waals surface area contributed by atoms with E-state index in [-0.39, 0.29) is 5.69 Å². The molecule has 0 unspecified atom stereocenters. The van der Waals surface area contributed by atoms with Gasteiger partial charge >= 0.3 is 0 Å². The van der Waals surface area contributed by atoms with Gasteiger partial charge in [-0.1, -0.05) is 18.2 Å². The Morgan fingerprint density at radius 2 is 1.46 bits per heavy atom. The van der Waals surface area contributed by atoms with Crippen LogP contribution in [-0.2, 0) is 0 Å². The number of H-pyrrole nitrogens is 1. The van der Waals surface area contributed by atoms with Crippen LogP contribution < -0.4 is 0 Å². The Morgan fingerprint density at radius 1 is 0.792 bits per heavy atom. The average molecular weight is 316 g/mol. The summed E-state index contributed by atoms with van der Waals surface area (Å²) in [6, 6.07) is 19.9. The largest absolute Gasteiger partial charge is 0.355 e. The molecule has 0 aliphatic carbocycles. The fourth-order valence-corrected chi connectivity index (χ4v) is 2.65. The van der Waals surface area contributed by atoms with Crippen LogP contribution in [0, 0.1) is 10.1 Å². The van der Waals surface area contributed by atoms with Crippen LogP contribution in [0.15, 0.2) is 77.0 Å². The number of nitro groups is 1. The van der Waals surface area contributed by atoms with Crippen molar-refractivity contribution in [3.8, 4) is 0 Å². The molecule has 0 aliphatic heterocycles. The molecule has 0 saturated carbocycles. The lowest BCUT2D eigenvalue weighted by Gasteiger charge is -1.95. The standard InChI is InChI=1S/C18H12N4O2/c23-22(24)14-8-5-12(6-9-14)20-21-13-7-10-18-16(11-13)15-3-1-2-4-17(15)19-18/h1-11,19H. The molecule has 3 aromatic carbocycles. The van der Waals surface area contributed by atoms with E-state index in [2.05, 4.69) is 21.3 Å². The zero-order valence-corrected chi connectivity index (χ0v) is 12.5. The topological polar surface area (TPSA) is 83.7 Å². The molecular weight excluding hydrogens is 304 g/mol. The van der Waals surface area contributed by atoms with Crippen molar-refractivity contribution in [1.29, 1.82) is 0 Å². The van der Waals surface area contributed by atoms with E-state index in [1.54, 1.807) is 12.1 Å². The van der Waals surface area contributed by atoms with E-state index in [4.69, 9.17) is 0 Å². The van der Waals surface area contributed by atoms with Crippen molar-refractivity contribution in [1.82, 2.24) is 4.98 Å². The predicted octanol–water partition coefficient (Wildman–Crippen LogP) is 5.64. The lowest BCUT2D eigenvalue weighted by atomic mass is 10.1. The predicted molar refractivity (Wildman–Crippen MR) is 93.1 cm³/mol. The monoisotopic (exact) mass is 316 g/mol. The smallest absolute Gasteiger partial charge is 0.269 e. The maximum absolute atomic E-state index is 10.6. The molecule has 24 heavy (non-hydrogen) atoms. The van der Waals surface area contributed by atoms with Gasteiger partial charge in [-0.25, -0.2) is 0 Å². The van der Waals surface area contributed by atoms with Crippen LogP contribution >= 0.6 is 0 Å².